The van der Waals surface area contributed by atoms with E-state index in [1.807, 2.05) is 60.6 Å². The normalized spacial score (nSPS) is 37.7. The van der Waals surface area contributed by atoms with Gasteiger partial charge in [0.2, 0.25) is 0 Å². The van der Waals surface area contributed by atoms with E-state index in [-0.39, 0.29) is 30.1 Å². The fourth-order valence-corrected chi connectivity index (χ4v) is 7.02. The molecule has 1 saturated heterocycles. The third kappa shape index (κ3) is 11.7. The average Bonchev–Trinajstić information content (AvgIpc) is 3.04. The summed E-state index contributed by atoms with van der Waals surface area (Å²) in [7, 11) is 1.48. The molecule has 0 aromatic rings. The lowest BCUT2D eigenvalue weighted by Crippen LogP contribution is -2.59. The first-order valence-corrected chi connectivity index (χ1v) is 17.5. The maximum absolute atomic E-state index is 13.5. The topological polar surface area (TPSA) is 169 Å². The summed E-state index contributed by atoms with van der Waals surface area (Å²) in [6.07, 6.45) is 5.98. The van der Waals surface area contributed by atoms with Crippen molar-refractivity contribution >= 4 is 17.9 Å². The fourth-order valence-electron chi connectivity index (χ4n) is 7.02. The molecule has 0 aromatic carbocycles. The summed E-state index contributed by atoms with van der Waals surface area (Å²) >= 11 is 0. The summed E-state index contributed by atoms with van der Waals surface area (Å²) < 4.78 is 23.8. The van der Waals surface area contributed by atoms with E-state index in [4.69, 9.17) is 24.1 Å². The predicted molar refractivity (Wildman–Crippen MR) is 189 cm³/mol. The van der Waals surface area contributed by atoms with E-state index in [2.05, 4.69) is 0 Å². The van der Waals surface area contributed by atoms with E-state index < -0.39 is 72.2 Å². The minimum Gasteiger partial charge on any atom is -0.478 e. The van der Waals surface area contributed by atoms with Gasteiger partial charge in [0.1, 0.15) is 18.3 Å². The van der Waals surface area contributed by atoms with Crippen molar-refractivity contribution in [3.8, 4) is 0 Å². The summed E-state index contributed by atoms with van der Waals surface area (Å²) in [5.41, 5.74) is 2.14. The first-order chi connectivity index (χ1) is 23.2. The molecule has 2 heterocycles. The molecule has 12 unspecified atom stereocenters. The van der Waals surface area contributed by atoms with Crippen molar-refractivity contribution in [2.24, 2.45) is 35.5 Å². The van der Waals surface area contributed by atoms with Crippen LogP contribution in [0, 0.1) is 35.5 Å². The number of rotatable bonds is 9. The van der Waals surface area contributed by atoms with Gasteiger partial charge in [-0.15, -0.1) is 0 Å². The molecular weight excluding hydrogens is 644 g/mol. The van der Waals surface area contributed by atoms with E-state index >= 15 is 0 Å². The van der Waals surface area contributed by atoms with Gasteiger partial charge in [-0.2, -0.15) is 0 Å². The maximum Gasteiger partial charge on any atom is 0.334 e. The van der Waals surface area contributed by atoms with Crippen molar-refractivity contribution in [1.29, 1.82) is 0 Å². The Hall–Kier alpha value is -3.09. The second-order valence-electron chi connectivity index (χ2n) is 14.8. The van der Waals surface area contributed by atoms with E-state index in [1.165, 1.54) is 7.11 Å². The molecule has 0 amide bonds. The van der Waals surface area contributed by atoms with E-state index in [1.54, 1.807) is 39.0 Å². The highest BCUT2D eigenvalue weighted by molar-refractivity contribution is 5.90. The lowest BCUT2D eigenvalue weighted by atomic mass is 9.76. The monoisotopic (exact) mass is 704 g/mol. The van der Waals surface area contributed by atoms with Gasteiger partial charge in [0.25, 0.3) is 0 Å². The van der Waals surface area contributed by atoms with Gasteiger partial charge in [0.05, 0.1) is 18.3 Å². The molecule has 0 aliphatic carbocycles. The number of aliphatic carboxylic acids is 1. The van der Waals surface area contributed by atoms with Gasteiger partial charge in [-0.05, 0) is 45.1 Å². The molecule has 11 heteroatoms. The van der Waals surface area contributed by atoms with Gasteiger partial charge in [-0.1, -0.05) is 83.9 Å². The number of allylic oxidation sites excluding steroid dienone is 5. The number of aliphatic hydroxyl groups excluding tert-OH is 2. The molecule has 0 radical (unpaired) electrons. The number of aliphatic hydroxyl groups is 3. The first kappa shape index (κ1) is 43.1. The van der Waals surface area contributed by atoms with Gasteiger partial charge < -0.3 is 39.4 Å². The van der Waals surface area contributed by atoms with Crippen molar-refractivity contribution in [3.05, 3.63) is 59.3 Å². The molecule has 0 saturated carbocycles. The highest BCUT2D eigenvalue weighted by atomic mass is 16.6. The predicted octanol–water partition coefficient (Wildman–Crippen LogP) is 5.30. The molecule has 0 aromatic heterocycles. The van der Waals surface area contributed by atoms with Crippen molar-refractivity contribution in [3.63, 3.8) is 0 Å². The number of hydrogen-bond acceptors (Lipinski definition) is 10. The lowest BCUT2D eigenvalue weighted by Gasteiger charge is -2.50. The SMILES string of the molecule is COC1/C=C\C=C(\C)CC(C)C(O)C(C)/C=C(C)\C=C(\C)C(=O)OC1C(C)C(O)C(C)C1(O)CC(OC(=O)/C=C/C(=O)O)C(C)C(C(C)C)O1. The second-order valence-corrected chi connectivity index (χ2v) is 14.8. The average molecular weight is 705 g/mol. The molecule has 50 heavy (non-hydrogen) atoms. The standard InChI is InChI=1S/C39H60O11/c1-21(2)36-27(8)31(48-33(42)16-15-32(40)41)20-39(46,50-36)29(10)35(44)28(9)37-30(47-11)14-12-13-22(3)17-24(5)34(43)25(6)18-23(4)19-26(7)38(45)49-37/h12-16,18-19,21,24-25,27-31,34-37,43-44,46H,17,20H2,1-11H3,(H,40,41)/b14-12-,16-15+,22-13-,23-18-,26-19-. The second kappa shape index (κ2) is 18.9. The number of ether oxygens (including phenoxy) is 4. The van der Waals surface area contributed by atoms with Gasteiger partial charge in [0, 0.05) is 54.9 Å². The number of methoxy groups -OCH3 is 1. The van der Waals surface area contributed by atoms with Crippen LogP contribution in [0.5, 0.6) is 0 Å². The number of carbonyl (C=O) groups excluding carboxylic acids is 2. The summed E-state index contributed by atoms with van der Waals surface area (Å²) in [6, 6.07) is 0. The summed E-state index contributed by atoms with van der Waals surface area (Å²) in [5.74, 6) is -7.15. The summed E-state index contributed by atoms with van der Waals surface area (Å²) in [4.78, 5) is 36.9. The Bertz CT molecular complexity index is 1330. The van der Waals surface area contributed by atoms with E-state index in [0.29, 0.717) is 18.1 Å². The van der Waals surface area contributed by atoms with Crippen molar-refractivity contribution in [2.45, 2.75) is 124 Å². The van der Waals surface area contributed by atoms with Gasteiger partial charge >= 0.3 is 17.9 Å². The molecule has 2 aliphatic rings. The number of carbonyl (C=O) groups is 3. The Morgan fingerprint density at radius 1 is 1.06 bits per heavy atom. The van der Waals surface area contributed by atoms with Gasteiger partial charge in [-0.25, -0.2) is 14.4 Å². The van der Waals surface area contributed by atoms with Crippen LogP contribution in [0.1, 0.15) is 82.1 Å². The smallest absolute Gasteiger partial charge is 0.334 e. The molecule has 0 spiro atoms. The maximum atomic E-state index is 13.5. The highest BCUT2D eigenvalue weighted by Crippen LogP contribution is 2.42. The number of hydrogen-bond donors (Lipinski definition) is 4. The molecule has 12 atom stereocenters. The first-order valence-electron chi connectivity index (χ1n) is 17.5. The Labute approximate surface area is 297 Å². The number of esters is 2. The quantitative estimate of drug-likeness (QED) is 0.182. The number of carboxylic acid groups (broad SMARTS) is 1. The Morgan fingerprint density at radius 2 is 1.70 bits per heavy atom. The van der Waals surface area contributed by atoms with Crippen LogP contribution in [0.2, 0.25) is 0 Å². The van der Waals surface area contributed by atoms with Crippen LogP contribution in [0.15, 0.2) is 59.3 Å². The van der Waals surface area contributed by atoms with Crippen LogP contribution in [-0.2, 0) is 33.3 Å². The molecule has 4 N–H and O–H groups in total. The van der Waals surface area contributed by atoms with Crippen LogP contribution in [0.3, 0.4) is 0 Å². The van der Waals surface area contributed by atoms with Crippen LogP contribution in [0.4, 0.5) is 0 Å². The summed E-state index contributed by atoms with van der Waals surface area (Å²) in [5, 5.41) is 43.7. The zero-order valence-corrected chi connectivity index (χ0v) is 31.5. The highest BCUT2D eigenvalue weighted by Gasteiger charge is 2.53. The third-order valence-corrected chi connectivity index (χ3v) is 10.1. The van der Waals surface area contributed by atoms with Crippen molar-refractivity contribution in [2.75, 3.05) is 7.11 Å². The molecular formula is C39H60O11. The Kier molecular flexibility index (Phi) is 16.3. The number of carboxylic acids is 1. The van der Waals surface area contributed by atoms with Crippen LogP contribution >= 0.6 is 0 Å². The molecule has 0 bridgehead atoms. The van der Waals surface area contributed by atoms with Crippen LogP contribution in [0.25, 0.3) is 0 Å². The molecule has 2 rings (SSSR count). The zero-order chi connectivity index (χ0) is 38.1. The minimum atomic E-state index is -1.97. The molecule has 1 fully saturated rings. The van der Waals surface area contributed by atoms with E-state index in [9.17, 15) is 29.7 Å². The molecule has 282 valence electrons. The van der Waals surface area contributed by atoms with Crippen molar-refractivity contribution < 1.29 is 53.8 Å². The van der Waals surface area contributed by atoms with Crippen molar-refractivity contribution in [1.82, 2.24) is 0 Å². The molecule has 11 nitrogen and oxygen atoms in total. The number of cyclic esters (lactones) is 1. The van der Waals surface area contributed by atoms with E-state index in [0.717, 1.165) is 17.2 Å². The summed E-state index contributed by atoms with van der Waals surface area (Å²) in [6.45, 7) is 18.4. The fraction of sp³-hybridized carbons (Fsp3) is 0.667. The third-order valence-electron chi connectivity index (χ3n) is 10.1. The lowest BCUT2D eigenvalue weighted by molar-refractivity contribution is -0.329. The van der Waals surface area contributed by atoms with Gasteiger partial charge in [-0.3, -0.25) is 0 Å². The van der Waals surface area contributed by atoms with Crippen LogP contribution in [-0.4, -0.2) is 87.9 Å². The minimum absolute atomic E-state index is 0.0142. The Morgan fingerprint density at radius 3 is 2.28 bits per heavy atom. The zero-order valence-electron chi connectivity index (χ0n) is 31.5. The van der Waals surface area contributed by atoms with Crippen LogP contribution < -0.4 is 0 Å². The van der Waals surface area contributed by atoms with Gasteiger partial charge in [0.15, 0.2) is 5.79 Å². The molecule has 2 aliphatic heterocycles. The largest absolute Gasteiger partial charge is 0.478 e. The Balaban J connectivity index is 2.51.